The number of nitrogens with two attached hydrogens (primary N) is 1. The van der Waals surface area contributed by atoms with Gasteiger partial charge in [-0.25, -0.2) is 9.97 Å². The molecule has 1 aromatic rings. The summed E-state index contributed by atoms with van der Waals surface area (Å²) in [4.78, 5) is 8.45. The Bertz CT molecular complexity index is 360. The van der Waals surface area contributed by atoms with Gasteiger partial charge >= 0.3 is 0 Å². The van der Waals surface area contributed by atoms with Gasteiger partial charge in [0.15, 0.2) is 5.82 Å². The summed E-state index contributed by atoms with van der Waals surface area (Å²) in [6, 6.07) is 1.72. The predicted octanol–water partition coefficient (Wildman–Crippen LogP) is 1.29. The summed E-state index contributed by atoms with van der Waals surface area (Å²) in [5.74, 6) is 2.17. The molecule has 0 aliphatic rings. The summed E-state index contributed by atoms with van der Waals surface area (Å²) in [7, 11) is 1.69. The van der Waals surface area contributed by atoms with Crippen molar-refractivity contribution in [3.63, 3.8) is 0 Å². The van der Waals surface area contributed by atoms with Crippen molar-refractivity contribution in [2.75, 3.05) is 37.9 Å². The van der Waals surface area contributed by atoms with Crippen molar-refractivity contribution in [2.45, 2.75) is 20.5 Å². The lowest BCUT2D eigenvalue weighted by atomic mass is 10.2. The number of nitrogens with one attached hydrogen (secondary N) is 1. The van der Waals surface area contributed by atoms with E-state index in [1.807, 2.05) is 6.92 Å². The molecule has 0 aromatic carbocycles. The molecule has 0 saturated carbocycles. The van der Waals surface area contributed by atoms with Crippen molar-refractivity contribution in [1.82, 2.24) is 9.97 Å². The van der Waals surface area contributed by atoms with Crippen LogP contribution in [0.4, 0.5) is 11.6 Å². The summed E-state index contributed by atoms with van der Waals surface area (Å²) in [6.07, 6.45) is 0. The molecule has 0 aliphatic carbocycles. The van der Waals surface area contributed by atoms with Crippen LogP contribution in [0.3, 0.4) is 0 Å². The van der Waals surface area contributed by atoms with E-state index in [9.17, 15) is 0 Å². The molecule has 0 saturated heterocycles. The minimum atomic E-state index is 0.379. The summed E-state index contributed by atoms with van der Waals surface area (Å²) in [6.45, 7) is 6.52. The lowest BCUT2D eigenvalue weighted by molar-refractivity contribution is 0.128. The second kappa shape index (κ2) is 7.84. The Morgan fingerprint density at radius 2 is 2.22 bits per heavy atom. The quantitative estimate of drug-likeness (QED) is 0.727. The second-order valence-corrected chi connectivity index (χ2v) is 4.17. The normalized spacial score (nSPS) is 12.4. The predicted molar refractivity (Wildman–Crippen MR) is 71.3 cm³/mol. The van der Waals surface area contributed by atoms with Crippen LogP contribution < -0.4 is 11.1 Å². The first kappa shape index (κ1) is 14.7. The number of hydrogen-bond acceptors (Lipinski definition) is 6. The highest BCUT2D eigenvalue weighted by Gasteiger charge is 2.05. The first-order chi connectivity index (χ1) is 8.65. The highest BCUT2D eigenvalue weighted by molar-refractivity contribution is 5.44. The molecule has 1 unspecified atom stereocenters. The number of anilines is 2. The molecular formula is C12H22N4O2. The fourth-order valence-corrected chi connectivity index (χ4v) is 1.49. The van der Waals surface area contributed by atoms with E-state index in [4.69, 9.17) is 15.2 Å². The van der Waals surface area contributed by atoms with Crippen LogP contribution in [-0.2, 0) is 16.1 Å². The Balaban J connectivity index is 2.56. The zero-order valence-corrected chi connectivity index (χ0v) is 11.3. The van der Waals surface area contributed by atoms with E-state index in [1.165, 1.54) is 0 Å². The van der Waals surface area contributed by atoms with Crippen molar-refractivity contribution < 1.29 is 9.47 Å². The zero-order chi connectivity index (χ0) is 13.4. The Morgan fingerprint density at radius 3 is 2.89 bits per heavy atom. The lowest BCUT2D eigenvalue weighted by Crippen LogP contribution is -2.17. The van der Waals surface area contributed by atoms with Gasteiger partial charge in [0.2, 0.25) is 0 Å². The molecule has 18 heavy (non-hydrogen) atoms. The van der Waals surface area contributed by atoms with Crippen LogP contribution >= 0.6 is 0 Å². The van der Waals surface area contributed by atoms with E-state index < -0.39 is 0 Å². The van der Waals surface area contributed by atoms with Crippen LogP contribution in [0.2, 0.25) is 0 Å². The molecule has 0 bridgehead atoms. The third kappa shape index (κ3) is 5.29. The van der Waals surface area contributed by atoms with Crippen LogP contribution in [0.15, 0.2) is 6.07 Å². The maximum absolute atomic E-state index is 5.72. The van der Waals surface area contributed by atoms with E-state index in [0.717, 1.165) is 12.4 Å². The molecule has 1 heterocycles. The molecule has 1 atom stereocenters. The maximum Gasteiger partial charge on any atom is 0.158 e. The Labute approximate surface area is 108 Å². The minimum Gasteiger partial charge on any atom is -0.384 e. The third-order valence-electron chi connectivity index (χ3n) is 2.31. The molecule has 3 N–H and O–H groups in total. The van der Waals surface area contributed by atoms with Gasteiger partial charge in [-0.3, -0.25) is 0 Å². The molecule has 0 spiro atoms. The van der Waals surface area contributed by atoms with Gasteiger partial charge in [-0.2, -0.15) is 0 Å². The Hall–Kier alpha value is -1.40. The van der Waals surface area contributed by atoms with Gasteiger partial charge in [-0.05, 0) is 12.8 Å². The van der Waals surface area contributed by atoms with Crippen molar-refractivity contribution >= 4 is 11.6 Å². The molecule has 0 radical (unpaired) electrons. The lowest BCUT2D eigenvalue weighted by Gasteiger charge is -2.13. The number of ether oxygens (including phenoxy) is 2. The second-order valence-electron chi connectivity index (χ2n) is 4.17. The average molecular weight is 254 g/mol. The van der Waals surface area contributed by atoms with Gasteiger partial charge in [0.05, 0.1) is 6.61 Å². The number of nitrogens with zero attached hydrogens (tertiary/aromatic N) is 2. The third-order valence-corrected chi connectivity index (χ3v) is 2.31. The fraction of sp³-hybridized carbons (Fsp3) is 0.667. The van der Waals surface area contributed by atoms with E-state index in [2.05, 4.69) is 22.2 Å². The molecule has 6 nitrogen and oxygen atoms in total. The molecule has 0 aliphatic heterocycles. The Kier molecular flexibility index (Phi) is 6.38. The summed E-state index contributed by atoms with van der Waals surface area (Å²) < 4.78 is 10.3. The fourth-order valence-electron chi connectivity index (χ4n) is 1.49. The van der Waals surface area contributed by atoms with Crippen LogP contribution in [0.5, 0.6) is 0 Å². The number of hydrogen-bond donors (Lipinski definition) is 2. The van der Waals surface area contributed by atoms with E-state index >= 15 is 0 Å². The van der Waals surface area contributed by atoms with Crippen LogP contribution in [0, 0.1) is 5.92 Å². The van der Waals surface area contributed by atoms with Crippen LogP contribution in [0.25, 0.3) is 0 Å². The van der Waals surface area contributed by atoms with Crippen LogP contribution in [0.1, 0.15) is 19.7 Å². The standard InChI is InChI=1S/C12H22N4O2/c1-4-18-8-12-15-10(13)5-11(16-12)14-6-9(2)7-17-3/h5,9H,4,6-8H2,1-3H3,(H3,13,14,15,16). The minimum absolute atomic E-state index is 0.379. The SMILES string of the molecule is CCOCc1nc(N)cc(NCC(C)COC)n1. The summed E-state index contributed by atoms with van der Waals surface area (Å²) in [5, 5.41) is 3.22. The van der Waals surface area contributed by atoms with Crippen molar-refractivity contribution in [3.05, 3.63) is 11.9 Å². The van der Waals surface area contributed by atoms with Gasteiger partial charge in [0.25, 0.3) is 0 Å². The van der Waals surface area contributed by atoms with Gasteiger partial charge < -0.3 is 20.5 Å². The number of aromatic nitrogens is 2. The summed E-state index contributed by atoms with van der Waals surface area (Å²) in [5.41, 5.74) is 5.72. The van der Waals surface area contributed by atoms with E-state index in [-0.39, 0.29) is 0 Å². The zero-order valence-electron chi connectivity index (χ0n) is 11.3. The monoisotopic (exact) mass is 254 g/mol. The number of rotatable bonds is 8. The first-order valence-corrected chi connectivity index (χ1v) is 6.09. The maximum atomic E-state index is 5.72. The molecule has 102 valence electrons. The average Bonchev–Trinajstić information content (AvgIpc) is 2.34. The van der Waals surface area contributed by atoms with Crippen molar-refractivity contribution in [3.8, 4) is 0 Å². The van der Waals surface area contributed by atoms with Gasteiger partial charge in [0, 0.05) is 26.3 Å². The molecular weight excluding hydrogens is 232 g/mol. The van der Waals surface area contributed by atoms with E-state index in [1.54, 1.807) is 13.2 Å². The van der Waals surface area contributed by atoms with Gasteiger partial charge in [-0.1, -0.05) is 6.92 Å². The topological polar surface area (TPSA) is 82.3 Å². The van der Waals surface area contributed by atoms with Gasteiger partial charge in [-0.15, -0.1) is 0 Å². The number of methoxy groups -OCH3 is 1. The highest BCUT2D eigenvalue weighted by atomic mass is 16.5. The van der Waals surface area contributed by atoms with Crippen molar-refractivity contribution in [1.29, 1.82) is 0 Å². The number of nitrogen functional groups attached to an aromatic ring is 1. The van der Waals surface area contributed by atoms with Crippen LogP contribution in [-0.4, -0.2) is 36.8 Å². The molecule has 1 rings (SSSR count). The molecule has 0 amide bonds. The molecule has 0 fully saturated rings. The largest absolute Gasteiger partial charge is 0.384 e. The first-order valence-electron chi connectivity index (χ1n) is 6.09. The van der Waals surface area contributed by atoms with Gasteiger partial charge in [0.1, 0.15) is 18.2 Å². The summed E-state index contributed by atoms with van der Waals surface area (Å²) >= 11 is 0. The highest BCUT2D eigenvalue weighted by Crippen LogP contribution is 2.10. The molecule has 6 heteroatoms. The molecule has 1 aromatic heterocycles. The smallest absolute Gasteiger partial charge is 0.158 e. The van der Waals surface area contributed by atoms with E-state index in [0.29, 0.717) is 37.4 Å². The van der Waals surface area contributed by atoms with Crippen molar-refractivity contribution in [2.24, 2.45) is 5.92 Å². The Morgan fingerprint density at radius 1 is 1.44 bits per heavy atom.